The van der Waals surface area contributed by atoms with Gasteiger partial charge in [0.05, 0.1) is 0 Å². The number of carbonyl (C=O) groups excluding carboxylic acids is 1. The average molecular weight is 150 g/mol. The molecule has 2 amide bonds. The third-order valence-electron chi connectivity index (χ3n) is 1.26. The fourth-order valence-electron chi connectivity index (χ4n) is 0.786. The maximum absolute atomic E-state index is 10.3. The Labute approximate surface area is 60.6 Å². The molecule has 0 atom stereocenters. The van der Waals surface area contributed by atoms with Crippen molar-refractivity contribution in [3.05, 3.63) is 6.42 Å². The van der Waals surface area contributed by atoms with Crippen molar-refractivity contribution < 1.29 is 4.79 Å². The van der Waals surface area contributed by atoms with Gasteiger partial charge in [-0.15, -0.1) is 12.4 Å². The van der Waals surface area contributed by atoms with E-state index in [1.54, 1.807) is 4.90 Å². The van der Waals surface area contributed by atoms with Crippen LogP contribution < -0.4 is 5.73 Å². The van der Waals surface area contributed by atoms with Gasteiger partial charge < -0.3 is 10.6 Å². The summed E-state index contributed by atoms with van der Waals surface area (Å²) < 4.78 is 0. The van der Waals surface area contributed by atoms with E-state index in [4.69, 9.17) is 5.73 Å². The Balaban J connectivity index is 0.000000640. The molecule has 0 aliphatic carbocycles. The van der Waals surface area contributed by atoms with Gasteiger partial charge in [0, 0.05) is 13.1 Å². The molecule has 1 fully saturated rings. The SMILES string of the molecule is Cl.NC(=O)N1C[CH]CC1. The molecule has 3 nitrogen and oxygen atoms in total. The Kier molecular flexibility index (Phi) is 3.39. The van der Waals surface area contributed by atoms with Crippen LogP contribution in [-0.4, -0.2) is 24.0 Å². The van der Waals surface area contributed by atoms with Gasteiger partial charge in [0.2, 0.25) is 0 Å². The second kappa shape index (κ2) is 3.56. The minimum absolute atomic E-state index is 0. The molecule has 0 saturated carbocycles. The lowest BCUT2D eigenvalue weighted by atomic mass is 10.4. The highest BCUT2D eigenvalue weighted by Crippen LogP contribution is 2.03. The maximum atomic E-state index is 10.3. The van der Waals surface area contributed by atoms with Gasteiger partial charge in [-0.05, 0) is 12.8 Å². The van der Waals surface area contributed by atoms with Crippen molar-refractivity contribution in [3.63, 3.8) is 0 Å². The van der Waals surface area contributed by atoms with Crippen molar-refractivity contribution >= 4 is 18.4 Å². The van der Waals surface area contributed by atoms with E-state index in [1.165, 1.54) is 0 Å². The summed E-state index contributed by atoms with van der Waals surface area (Å²) in [5.41, 5.74) is 4.96. The number of nitrogens with zero attached hydrogens (tertiary/aromatic N) is 1. The largest absolute Gasteiger partial charge is 0.351 e. The highest BCUT2D eigenvalue weighted by atomic mass is 35.5. The van der Waals surface area contributed by atoms with E-state index in [9.17, 15) is 4.79 Å². The molecule has 0 aromatic carbocycles. The number of amides is 2. The molecule has 1 radical (unpaired) electrons. The van der Waals surface area contributed by atoms with Crippen molar-refractivity contribution in [3.8, 4) is 0 Å². The van der Waals surface area contributed by atoms with Crippen molar-refractivity contribution in [2.45, 2.75) is 6.42 Å². The number of nitrogens with two attached hydrogens (primary N) is 1. The summed E-state index contributed by atoms with van der Waals surface area (Å²) in [5, 5.41) is 0. The van der Waals surface area contributed by atoms with Crippen molar-refractivity contribution in [2.24, 2.45) is 5.73 Å². The second-order valence-corrected chi connectivity index (χ2v) is 1.86. The van der Waals surface area contributed by atoms with Gasteiger partial charge in [0.1, 0.15) is 0 Å². The molecule has 1 rings (SSSR count). The van der Waals surface area contributed by atoms with Gasteiger partial charge in [0.25, 0.3) is 0 Å². The Morgan fingerprint density at radius 3 is 2.56 bits per heavy atom. The number of halogens is 1. The minimum Gasteiger partial charge on any atom is -0.351 e. The van der Waals surface area contributed by atoms with Gasteiger partial charge >= 0.3 is 6.03 Å². The van der Waals surface area contributed by atoms with Crippen LogP contribution in [0.25, 0.3) is 0 Å². The van der Waals surface area contributed by atoms with E-state index in [2.05, 4.69) is 0 Å². The van der Waals surface area contributed by atoms with Gasteiger partial charge in [0.15, 0.2) is 0 Å². The zero-order valence-electron chi connectivity index (χ0n) is 5.04. The lowest BCUT2D eigenvalue weighted by Gasteiger charge is -2.09. The number of likely N-dealkylation sites (tertiary alicyclic amines) is 1. The minimum atomic E-state index is -0.307. The van der Waals surface area contributed by atoms with Crippen LogP contribution in [0.1, 0.15) is 6.42 Å². The lowest BCUT2D eigenvalue weighted by molar-refractivity contribution is 0.219. The molecule has 0 unspecified atom stereocenters. The molecule has 1 heterocycles. The number of carbonyl (C=O) groups is 1. The molecule has 0 spiro atoms. The molecule has 4 heteroatoms. The van der Waals surface area contributed by atoms with Crippen molar-refractivity contribution in [1.82, 2.24) is 4.90 Å². The number of rotatable bonds is 0. The predicted molar refractivity (Wildman–Crippen MR) is 37.3 cm³/mol. The van der Waals surface area contributed by atoms with E-state index in [0.29, 0.717) is 0 Å². The topological polar surface area (TPSA) is 46.3 Å². The average Bonchev–Trinajstić information content (AvgIpc) is 2.12. The highest BCUT2D eigenvalue weighted by molar-refractivity contribution is 5.85. The van der Waals surface area contributed by atoms with Gasteiger partial charge in [-0.3, -0.25) is 0 Å². The molecule has 1 aliphatic heterocycles. The van der Waals surface area contributed by atoms with E-state index < -0.39 is 0 Å². The Morgan fingerprint density at radius 2 is 2.33 bits per heavy atom. The summed E-state index contributed by atoms with van der Waals surface area (Å²) >= 11 is 0. The molecular weight excluding hydrogens is 140 g/mol. The number of urea groups is 1. The van der Waals surface area contributed by atoms with Crippen LogP contribution in [-0.2, 0) is 0 Å². The third kappa shape index (κ3) is 2.10. The molecule has 0 aromatic heterocycles. The summed E-state index contributed by atoms with van der Waals surface area (Å²) in [5.74, 6) is 0. The smallest absolute Gasteiger partial charge is 0.314 e. The third-order valence-corrected chi connectivity index (χ3v) is 1.26. The zero-order valence-corrected chi connectivity index (χ0v) is 5.86. The first kappa shape index (κ1) is 8.56. The molecule has 2 N–H and O–H groups in total. The van der Waals surface area contributed by atoms with Gasteiger partial charge in [-0.2, -0.15) is 0 Å². The zero-order chi connectivity index (χ0) is 5.98. The highest BCUT2D eigenvalue weighted by Gasteiger charge is 2.13. The van der Waals surface area contributed by atoms with Crippen molar-refractivity contribution in [1.29, 1.82) is 0 Å². The predicted octanol–water partition coefficient (Wildman–Crippen LogP) is 0.397. The number of primary amides is 1. The summed E-state index contributed by atoms with van der Waals surface area (Å²) in [6.07, 6.45) is 3.04. The van der Waals surface area contributed by atoms with Crippen LogP contribution in [0.15, 0.2) is 0 Å². The Bertz CT molecular complexity index is 101. The summed E-state index contributed by atoms with van der Waals surface area (Å²) in [4.78, 5) is 11.9. The van der Waals surface area contributed by atoms with Crippen LogP contribution in [0.4, 0.5) is 4.79 Å². The van der Waals surface area contributed by atoms with E-state index >= 15 is 0 Å². The van der Waals surface area contributed by atoms with E-state index in [0.717, 1.165) is 19.5 Å². The first-order chi connectivity index (χ1) is 3.80. The molecule has 0 bridgehead atoms. The standard InChI is InChI=1S/C5H9N2O.ClH/c6-5(8)7-3-1-2-4-7;/h1H,2-4H2,(H2,6,8);1H. The normalized spacial score (nSPS) is 17.1. The number of hydrogen-bond acceptors (Lipinski definition) is 1. The van der Waals surface area contributed by atoms with E-state index in [1.807, 2.05) is 6.42 Å². The Morgan fingerprint density at radius 1 is 1.67 bits per heavy atom. The molecule has 1 saturated heterocycles. The number of hydrogen-bond donors (Lipinski definition) is 1. The van der Waals surface area contributed by atoms with Crippen LogP contribution >= 0.6 is 12.4 Å². The van der Waals surface area contributed by atoms with Gasteiger partial charge in [-0.1, -0.05) is 0 Å². The molecule has 9 heavy (non-hydrogen) atoms. The first-order valence-corrected chi connectivity index (χ1v) is 2.67. The van der Waals surface area contributed by atoms with Crippen molar-refractivity contribution in [2.75, 3.05) is 13.1 Å². The summed E-state index contributed by atoms with van der Waals surface area (Å²) in [6.45, 7) is 1.53. The van der Waals surface area contributed by atoms with Crippen LogP contribution in [0.2, 0.25) is 0 Å². The maximum Gasteiger partial charge on any atom is 0.314 e. The quantitative estimate of drug-likeness (QED) is 0.533. The monoisotopic (exact) mass is 149 g/mol. The summed E-state index contributed by atoms with van der Waals surface area (Å²) in [7, 11) is 0. The van der Waals surface area contributed by atoms with Crippen LogP contribution in [0, 0.1) is 6.42 Å². The molecule has 1 aliphatic rings. The summed E-state index contributed by atoms with van der Waals surface area (Å²) in [6, 6.07) is -0.307. The van der Waals surface area contributed by atoms with Gasteiger partial charge in [-0.25, -0.2) is 4.79 Å². The van der Waals surface area contributed by atoms with Crippen LogP contribution in [0.5, 0.6) is 0 Å². The lowest BCUT2D eigenvalue weighted by Crippen LogP contribution is -2.32. The van der Waals surface area contributed by atoms with Crippen LogP contribution in [0.3, 0.4) is 0 Å². The first-order valence-electron chi connectivity index (χ1n) is 2.67. The second-order valence-electron chi connectivity index (χ2n) is 1.86. The molecule has 0 aromatic rings. The molecular formula is C5H10ClN2O. The fraction of sp³-hybridized carbons (Fsp3) is 0.600. The fourth-order valence-corrected chi connectivity index (χ4v) is 0.786. The van der Waals surface area contributed by atoms with E-state index in [-0.39, 0.29) is 18.4 Å². The molecule has 53 valence electrons. The Hall–Kier alpha value is -0.440.